The van der Waals surface area contributed by atoms with Crippen LogP contribution in [0.15, 0.2) is 36.4 Å². The zero-order chi connectivity index (χ0) is 15.0. The van der Waals surface area contributed by atoms with E-state index in [2.05, 4.69) is 17.4 Å². The second-order valence-corrected chi connectivity index (χ2v) is 6.08. The number of hydrogen-bond donors (Lipinski definition) is 1. The highest BCUT2D eigenvalue weighted by atomic mass is 35.5. The van der Waals surface area contributed by atoms with Gasteiger partial charge in [-0.15, -0.1) is 0 Å². The summed E-state index contributed by atoms with van der Waals surface area (Å²) < 4.78 is 5.53. The van der Waals surface area contributed by atoms with Crippen molar-refractivity contribution in [2.24, 2.45) is 0 Å². The Morgan fingerprint density at radius 3 is 2.62 bits per heavy atom. The predicted molar refractivity (Wildman–Crippen MR) is 87.7 cm³/mol. The monoisotopic (exact) mass is 321 g/mol. The first-order valence-corrected chi connectivity index (χ1v) is 7.70. The lowest BCUT2D eigenvalue weighted by Crippen LogP contribution is -2.14. The van der Waals surface area contributed by atoms with Crippen LogP contribution < -0.4 is 10.1 Å². The first-order valence-electron chi connectivity index (χ1n) is 6.94. The molecule has 2 atom stereocenters. The molecular weight excluding hydrogens is 305 g/mol. The minimum atomic E-state index is 0.288. The molecule has 0 radical (unpaired) electrons. The molecule has 0 aromatic heterocycles. The van der Waals surface area contributed by atoms with E-state index in [4.69, 9.17) is 27.9 Å². The fourth-order valence-electron chi connectivity index (χ4n) is 3.20. The first-order chi connectivity index (χ1) is 10.2. The summed E-state index contributed by atoms with van der Waals surface area (Å²) in [6.45, 7) is 0. The maximum absolute atomic E-state index is 6.18. The number of fused-ring (bicyclic) bond motifs is 1. The molecule has 0 heterocycles. The second-order valence-electron chi connectivity index (χ2n) is 5.27. The summed E-state index contributed by atoms with van der Waals surface area (Å²) in [5.74, 6) is 1.25. The molecule has 110 valence electrons. The topological polar surface area (TPSA) is 21.3 Å². The lowest BCUT2D eigenvalue weighted by molar-refractivity contribution is 0.403. The van der Waals surface area contributed by atoms with Gasteiger partial charge in [0.25, 0.3) is 0 Å². The Bertz CT molecular complexity index is 672. The van der Waals surface area contributed by atoms with E-state index in [9.17, 15) is 0 Å². The van der Waals surface area contributed by atoms with Crippen LogP contribution in [0.4, 0.5) is 0 Å². The lowest BCUT2D eigenvalue weighted by Gasteiger charge is -2.13. The number of rotatable bonds is 3. The summed E-state index contributed by atoms with van der Waals surface area (Å²) in [5.41, 5.74) is 3.74. The molecule has 0 aliphatic heterocycles. The summed E-state index contributed by atoms with van der Waals surface area (Å²) in [4.78, 5) is 0. The normalized spacial score (nSPS) is 20.4. The molecule has 0 amide bonds. The van der Waals surface area contributed by atoms with Crippen LogP contribution in [0.5, 0.6) is 5.75 Å². The van der Waals surface area contributed by atoms with Crippen molar-refractivity contribution in [2.45, 2.75) is 18.4 Å². The van der Waals surface area contributed by atoms with Crippen molar-refractivity contribution in [3.05, 3.63) is 63.1 Å². The predicted octanol–water partition coefficient (Wildman–Crippen LogP) is 4.80. The maximum Gasteiger partial charge on any atom is 0.123 e. The van der Waals surface area contributed by atoms with Crippen molar-refractivity contribution >= 4 is 23.2 Å². The zero-order valence-corrected chi connectivity index (χ0v) is 13.5. The first kappa shape index (κ1) is 14.7. The van der Waals surface area contributed by atoms with E-state index in [1.54, 1.807) is 7.11 Å². The molecule has 4 heteroatoms. The van der Waals surface area contributed by atoms with Crippen molar-refractivity contribution in [1.82, 2.24) is 5.32 Å². The number of nitrogens with one attached hydrogen (secondary N) is 1. The van der Waals surface area contributed by atoms with Crippen LogP contribution in [-0.4, -0.2) is 14.2 Å². The van der Waals surface area contributed by atoms with Crippen LogP contribution in [0, 0.1) is 0 Å². The summed E-state index contributed by atoms with van der Waals surface area (Å²) in [5, 5.41) is 4.58. The molecule has 0 saturated heterocycles. The van der Waals surface area contributed by atoms with Gasteiger partial charge in [0.1, 0.15) is 5.75 Å². The molecule has 2 nitrogen and oxygen atoms in total. The lowest BCUT2D eigenvalue weighted by atomic mass is 9.93. The van der Waals surface area contributed by atoms with E-state index in [-0.39, 0.29) is 6.04 Å². The van der Waals surface area contributed by atoms with Crippen molar-refractivity contribution in [1.29, 1.82) is 0 Å². The summed E-state index contributed by atoms with van der Waals surface area (Å²) >= 11 is 12.2. The number of methoxy groups -OCH3 is 1. The summed E-state index contributed by atoms with van der Waals surface area (Å²) in [7, 11) is 3.70. The van der Waals surface area contributed by atoms with Gasteiger partial charge in [-0.1, -0.05) is 41.4 Å². The molecule has 0 spiro atoms. The van der Waals surface area contributed by atoms with Gasteiger partial charge in [-0.2, -0.15) is 0 Å². The average Bonchev–Trinajstić information content (AvgIpc) is 2.89. The summed E-state index contributed by atoms with van der Waals surface area (Å²) in [6, 6.07) is 12.4. The van der Waals surface area contributed by atoms with Gasteiger partial charge in [0.05, 0.1) is 17.2 Å². The highest BCUT2D eigenvalue weighted by Gasteiger charge is 2.33. The third-order valence-electron chi connectivity index (χ3n) is 4.21. The Hall–Kier alpha value is -1.22. The zero-order valence-electron chi connectivity index (χ0n) is 12.0. The molecule has 21 heavy (non-hydrogen) atoms. The van der Waals surface area contributed by atoms with Gasteiger partial charge in [-0.05, 0) is 42.8 Å². The van der Waals surface area contributed by atoms with Crippen LogP contribution in [0.25, 0.3) is 0 Å². The molecule has 0 bridgehead atoms. The smallest absolute Gasteiger partial charge is 0.123 e. The van der Waals surface area contributed by atoms with Gasteiger partial charge < -0.3 is 10.1 Å². The van der Waals surface area contributed by atoms with Crippen LogP contribution in [0.2, 0.25) is 10.0 Å². The van der Waals surface area contributed by atoms with E-state index >= 15 is 0 Å². The second kappa shape index (κ2) is 5.88. The van der Waals surface area contributed by atoms with Gasteiger partial charge in [-0.25, -0.2) is 0 Å². The fraction of sp³-hybridized carbons (Fsp3) is 0.294. The number of benzene rings is 2. The minimum absolute atomic E-state index is 0.288. The van der Waals surface area contributed by atoms with E-state index in [0.29, 0.717) is 16.0 Å². The van der Waals surface area contributed by atoms with Gasteiger partial charge in [0.15, 0.2) is 0 Å². The largest absolute Gasteiger partial charge is 0.496 e. The fourth-order valence-corrected chi connectivity index (χ4v) is 3.51. The highest BCUT2D eigenvalue weighted by Crippen LogP contribution is 2.48. The van der Waals surface area contributed by atoms with Gasteiger partial charge in [-0.3, -0.25) is 0 Å². The molecule has 3 rings (SSSR count). The van der Waals surface area contributed by atoms with E-state index in [1.165, 1.54) is 16.7 Å². The maximum atomic E-state index is 6.18. The van der Waals surface area contributed by atoms with Gasteiger partial charge in [0, 0.05) is 17.5 Å². The Labute approximate surface area is 135 Å². The Balaban J connectivity index is 2.09. The van der Waals surface area contributed by atoms with Crippen molar-refractivity contribution < 1.29 is 4.74 Å². The molecule has 2 aromatic rings. The van der Waals surface area contributed by atoms with Crippen molar-refractivity contribution in [3.8, 4) is 5.75 Å². The molecular formula is C17H17Cl2NO. The number of ether oxygens (including phenoxy) is 1. The van der Waals surface area contributed by atoms with Gasteiger partial charge in [0.2, 0.25) is 0 Å². The molecule has 2 aromatic carbocycles. The van der Waals surface area contributed by atoms with Crippen LogP contribution in [0.3, 0.4) is 0 Å². The average molecular weight is 322 g/mol. The molecule has 1 N–H and O–H groups in total. The van der Waals surface area contributed by atoms with E-state index in [0.717, 1.165) is 12.2 Å². The van der Waals surface area contributed by atoms with Crippen molar-refractivity contribution in [3.63, 3.8) is 0 Å². The minimum Gasteiger partial charge on any atom is -0.496 e. The quantitative estimate of drug-likeness (QED) is 0.876. The Morgan fingerprint density at radius 1 is 1.14 bits per heavy atom. The SMILES string of the molecule is CN[C@@H]1C[C@@H](c2ccc(Cl)c(Cl)c2)c2cccc(OC)c21. The number of halogens is 2. The highest BCUT2D eigenvalue weighted by molar-refractivity contribution is 6.42. The van der Waals surface area contributed by atoms with Crippen LogP contribution >= 0.6 is 23.2 Å². The molecule has 1 aliphatic carbocycles. The summed E-state index contributed by atoms with van der Waals surface area (Å²) in [6.07, 6.45) is 0.990. The third kappa shape index (κ3) is 2.52. The van der Waals surface area contributed by atoms with Crippen LogP contribution in [0.1, 0.15) is 35.1 Å². The third-order valence-corrected chi connectivity index (χ3v) is 4.95. The molecule has 0 fully saturated rings. The van der Waals surface area contributed by atoms with E-state index in [1.807, 2.05) is 31.3 Å². The molecule has 1 aliphatic rings. The van der Waals surface area contributed by atoms with E-state index < -0.39 is 0 Å². The number of hydrogen-bond acceptors (Lipinski definition) is 2. The molecule has 0 saturated carbocycles. The molecule has 0 unspecified atom stereocenters. The Kier molecular flexibility index (Phi) is 4.12. The van der Waals surface area contributed by atoms with Gasteiger partial charge >= 0.3 is 0 Å². The standard InChI is InChI=1S/C17H17Cl2NO/c1-20-15-9-12(10-6-7-13(18)14(19)8-10)11-4-3-5-16(21-2)17(11)15/h3-8,12,15,20H,9H2,1-2H3/t12-,15+/m0/s1. The van der Waals surface area contributed by atoms with Crippen molar-refractivity contribution in [2.75, 3.05) is 14.2 Å². The Morgan fingerprint density at radius 2 is 1.95 bits per heavy atom. The van der Waals surface area contributed by atoms with Crippen LogP contribution in [-0.2, 0) is 0 Å².